The molecule has 0 radical (unpaired) electrons. The van der Waals surface area contributed by atoms with Crippen LogP contribution < -0.4 is 0 Å². The number of aromatic nitrogens is 4. The van der Waals surface area contributed by atoms with Gasteiger partial charge in [-0.15, -0.1) is 0 Å². The first kappa shape index (κ1) is 13.8. The Labute approximate surface area is 129 Å². The van der Waals surface area contributed by atoms with Crippen LogP contribution in [0.2, 0.25) is 10.2 Å². The number of hydrogen-bond acceptors (Lipinski definition) is 4. The summed E-state index contributed by atoms with van der Waals surface area (Å²) >= 11 is 12.1. The third kappa shape index (κ3) is 2.43. The molecule has 3 heterocycles. The lowest BCUT2D eigenvalue weighted by Crippen LogP contribution is -2.05. The molecule has 0 bridgehead atoms. The normalized spacial score (nSPS) is 11.0. The number of nitrogens with zero attached hydrogens (tertiary/aromatic N) is 4. The lowest BCUT2D eigenvalue weighted by Gasteiger charge is -2.03. The third-order valence-electron chi connectivity index (χ3n) is 2.92. The van der Waals surface area contributed by atoms with Gasteiger partial charge in [-0.3, -0.25) is 4.98 Å². The highest BCUT2D eigenvalue weighted by Crippen LogP contribution is 2.31. The SMILES string of the molecule is O=C(O)c1cnc2c(c(Cl)nn2Cc2ccccn2)c1Cl. The van der Waals surface area contributed by atoms with Crippen molar-refractivity contribution in [3.63, 3.8) is 0 Å². The van der Waals surface area contributed by atoms with E-state index in [9.17, 15) is 4.79 Å². The minimum absolute atomic E-state index is 0.0322. The summed E-state index contributed by atoms with van der Waals surface area (Å²) in [6.45, 7) is 0.361. The third-order valence-corrected chi connectivity index (χ3v) is 3.58. The second-order valence-corrected chi connectivity index (χ2v) is 5.00. The van der Waals surface area contributed by atoms with Crippen molar-refractivity contribution >= 4 is 40.2 Å². The van der Waals surface area contributed by atoms with Gasteiger partial charge >= 0.3 is 5.97 Å². The standard InChI is InChI=1S/C13H8Cl2N4O2/c14-10-8(13(20)21)5-17-12-9(10)11(15)18-19(12)6-7-3-1-2-4-16-7/h1-5H,6H2,(H,20,21). The van der Waals surface area contributed by atoms with Gasteiger partial charge in [0, 0.05) is 12.4 Å². The van der Waals surface area contributed by atoms with E-state index < -0.39 is 5.97 Å². The topological polar surface area (TPSA) is 80.9 Å². The molecule has 0 amide bonds. The van der Waals surface area contributed by atoms with Gasteiger partial charge in [-0.1, -0.05) is 29.3 Å². The highest BCUT2D eigenvalue weighted by Gasteiger charge is 2.19. The van der Waals surface area contributed by atoms with Crippen LogP contribution >= 0.6 is 23.2 Å². The molecule has 8 heteroatoms. The fourth-order valence-corrected chi connectivity index (χ4v) is 2.59. The Bertz CT molecular complexity index is 833. The Kier molecular flexibility index (Phi) is 3.48. The number of rotatable bonds is 3. The van der Waals surface area contributed by atoms with Gasteiger partial charge < -0.3 is 5.11 Å². The maximum Gasteiger partial charge on any atom is 0.338 e. The average molecular weight is 323 g/mol. The summed E-state index contributed by atoms with van der Waals surface area (Å²) < 4.78 is 1.54. The number of hydrogen-bond donors (Lipinski definition) is 1. The maximum atomic E-state index is 11.1. The summed E-state index contributed by atoms with van der Waals surface area (Å²) in [5.41, 5.74) is 1.09. The predicted molar refractivity (Wildman–Crippen MR) is 77.8 cm³/mol. The fourth-order valence-electron chi connectivity index (χ4n) is 1.97. The van der Waals surface area contributed by atoms with Crippen LogP contribution in [0.5, 0.6) is 0 Å². The van der Waals surface area contributed by atoms with E-state index in [1.807, 2.05) is 18.2 Å². The molecular formula is C13H8Cl2N4O2. The van der Waals surface area contributed by atoms with E-state index >= 15 is 0 Å². The molecule has 0 fully saturated rings. The molecular weight excluding hydrogens is 315 g/mol. The van der Waals surface area contributed by atoms with Gasteiger partial charge in [0.15, 0.2) is 10.8 Å². The molecule has 0 saturated carbocycles. The molecule has 0 aliphatic carbocycles. The van der Waals surface area contributed by atoms with Gasteiger partial charge in [0.1, 0.15) is 0 Å². The first-order chi connectivity index (χ1) is 10.1. The molecule has 106 valence electrons. The zero-order valence-electron chi connectivity index (χ0n) is 10.5. The Morgan fingerprint density at radius 3 is 2.76 bits per heavy atom. The second-order valence-electron chi connectivity index (χ2n) is 4.26. The fraction of sp³-hybridized carbons (Fsp3) is 0.0769. The van der Waals surface area contributed by atoms with E-state index in [4.69, 9.17) is 28.3 Å². The smallest absolute Gasteiger partial charge is 0.338 e. The van der Waals surface area contributed by atoms with Gasteiger partial charge in [-0.05, 0) is 12.1 Å². The number of carbonyl (C=O) groups is 1. The van der Waals surface area contributed by atoms with Crippen LogP contribution in [0, 0.1) is 0 Å². The van der Waals surface area contributed by atoms with Crippen molar-refractivity contribution < 1.29 is 9.90 Å². The van der Waals surface area contributed by atoms with Crippen molar-refractivity contribution in [2.45, 2.75) is 6.54 Å². The van der Waals surface area contributed by atoms with E-state index in [0.29, 0.717) is 17.6 Å². The Morgan fingerprint density at radius 2 is 2.10 bits per heavy atom. The summed E-state index contributed by atoms with van der Waals surface area (Å²) in [6, 6.07) is 5.51. The van der Waals surface area contributed by atoms with Crippen LogP contribution in [0.1, 0.15) is 16.1 Å². The number of pyridine rings is 2. The summed E-state index contributed by atoms with van der Waals surface area (Å²) in [6.07, 6.45) is 2.87. The minimum atomic E-state index is -1.16. The lowest BCUT2D eigenvalue weighted by atomic mass is 10.2. The molecule has 0 unspecified atom stereocenters. The van der Waals surface area contributed by atoms with E-state index in [2.05, 4.69) is 15.1 Å². The van der Waals surface area contributed by atoms with Gasteiger partial charge in [-0.25, -0.2) is 14.5 Å². The number of fused-ring (bicyclic) bond motifs is 1. The number of aromatic carboxylic acids is 1. The quantitative estimate of drug-likeness (QED) is 0.801. The molecule has 3 aromatic rings. The number of carboxylic acids is 1. The monoisotopic (exact) mass is 322 g/mol. The molecule has 6 nitrogen and oxygen atoms in total. The summed E-state index contributed by atoms with van der Waals surface area (Å²) in [4.78, 5) is 19.4. The van der Waals surface area contributed by atoms with Crippen LogP contribution in [0.15, 0.2) is 30.6 Å². The van der Waals surface area contributed by atoms with Crippen molar-refractivity contribution in [2.75, 3.05) is 0 Å². The largest absolute Gasteiger partial charge is 0.478 e. The Hall–Kier alpha value is -2.18. The number of halogens is 2. The van der Waals surface area contributed by atoms with Crippen molar-refractivity contribution in [1.82, 2.24) is 19.7 Å². The van der Waals surface area contributed by atoms with Gasteiger partial charge in [-0.2, -0.15) is 5.10 Å². The molecule has 0 spiro atoms. The average Bonchev–Trinajstić information content (AvgIpc) is 2.77. The molecule has 0 aromatic carbocycles. The molecule has 21 heavy (non-hydrogen) atoms. The van der Waals surface area contributed by atoms with Crippen molar-refractivity contribution in [3.05, 3.63) is 52.0 Å². The first-order valence-corrected chi connectivity index (χ1v) is 6.67. The van der Waals surface area contributed by atoms with E-state index in [1.165, 1.54) is 10.9 Å². The highest BCUT2D eigenvalue weighted by molar-refractivity contribution is 6.43. The van der Waals surface area contributed by atoms with E-state index in [0.717, 1.165) is 5.69 Å². The first-order valence-electron chi connectivity index (χ1n) is 5.91. The highest BCUT2D eigenvalue weighted by atomic mass is 35.5. The van der Waals surface area contributed by atoms with Crippen molar-refractivity contribution in [3.8, 4) is 0 Å². The van der Waals surface area contributed by atoms with Crippen LogP contribution in [0.3, 0.4) is 0 Å². The Balaban J connectivity index is 2.14. The van der Waals surface area contributed by atoms with Crippen LogP contribution in [-0.4, -0.2) is 30.8 Å². The lowest BCUT2D eigenvalue weighted by molar-refractivity contribution is 0.0697. The predicted octanol–water partition coefficient (Wildman–Crippen LogP) is 2.88. The zero-order chi connectivity index (χ0) is 15.0. The van der Waals surface area contributed by atoms with Gasteiger partial charge in [0.25, 0.3) is 0 Å². The van der Waals surface area contributed by atoms with E-state index in [1.54, 1.807) is 6.20 Å². The van der Waals surface area contributed by atoms with Crippen molar-refractivity contribution in [1.29, 1.82) is 0 Å². The summed E-state index contributed by atoms with van der Waals surface area (Å²) in [7, 11) is 0. The molecule has 3 rings (SSSR count). The van der Waals surface area contributed by atoms with Gasteiger partial charge in [0.05, 0.1) is 28.2 Å². The van der Waals surface area contributed by atoms with Crippen LogP contribution in [0.25, 0.3) is 11.0 Å². The summed E-state index contributed by atoms with van der Waals surface area (Å²) in [5.74, 6) is -1.16. The van der Waals surface area contributed by atoms with Crippen LogP contribution in [-0.2, 0) is 6.54 Å². The summed E-state index contributed by atoms with van der Waals surface area (Å²) in [5, 5.41) is 13.7. The minimum Gasteiger partial charge on any atom is -0.478 e. The van der Waals surface area contributed by atoms with Crippen molar-refractivity contribution in [2.24, 2.45) is 0 Å². The molecule has 1 N–H and O–H groups in total. The van der Waals surface area contributed by atoms with Crippen LogP contribution in [0.4, 0.5) is 0 Å². The zero-order valence-corrected chi connectivity index (χ0v) is 12.0. The molecule has 0 saturated heterocycles. The molecule has 0 aliphatic rings. The molecule has 0 aliphatic heterocycles. The molecule has 3 aromatic heterocycles. The number of carboxylic acid groups (broad SMARTS) is 1. The second kappa shape index (κ2) is 5.31. The maximum absolute atomic E-state index is 11.1. The van der Waals surface area contributed by atoms with E-state index in [-0.39, 0.29) is 15.7 Å². The Morgan fingerprint density at radius 1 is 1.29 bits per heavy atom. The molecule has 0 atom stereocenters. The van der Waals surface area contributed by atoms with Gasteiger partial charge in [0.2, 0.25) is 0 Å².